The summed E-state index contributed by atoms with van der Waals surface area (Å²) in [4.78, 5) is 12.7. The lowest BCUT2D eigenvalue weighted by Gasteiger charge is -2.19. The molecule has 0 spiro atoms. The number of amides is 1. The quantitative estimate of drug-likeness (QED) is 0.403. The first-order valence-corrected chi connectivity index (χ1v) is 6.50. The number of carbonyl (C=O) groups is 1. The van der Waals surface area contributed by atoms with Gasteiger partial charge in [0.25, 0.3) is 0 Å². The number of hydrogen-bond donors (Lipinski definition) is 0. The average Bonchev–Trinajstić information content (AvgIpc) is 2.35. The van der Waals surface area contributed by atoms with Crippen LogP contribution in [0, 0.1) is 0 Å². The van der Waals surface area contributed by atoms with Gasteiger partial charge in [-0.3, -0.25) is 0 Å². The normalized spacial score (nSPS) is 21.1. The van der Waals surface area contributed by atoms with Gasteiger partial charge in [-0.05, 0) is 6.07 Å². The van der Waals surface area contributed by atoms with Gasteiger partial charge in [0, 0.05) is 23.7 Å². The summed E-state index contributed by atoms with van der Waals surface area (Å²) in [6.07, 6.45) is 7.93. The molecule has 4 heteroatoms. The van der Waals surface area contributed by atoms with Crippen LogP contribution in [0.3, 0.4) is 0 Å². The fraction of sp³-hybridized carbons (Fsp3) is 0.0769. The van der Waals surface area contributed by atoms with E-state index in [0.717, 1.165) is 16.3 Å². The van der Waals surface area contributed by atoms with Crippen LogP contribution in [0.4, 0.5) is 10.5 Å². The van der Waals surface area contributed by atoms with E-state index in [1.165, 1.54) is 0 Å². The smallest absolute Gasteiger partial charge is 0.201 e. The lowest BCUT2D eigenvalue weighted by molar-refractivity contribution is -0.324. The molecule has 1 unspecified atom stereocenters. The van der Waals surface area contributed by atoms with Crippen molar-refractivity contribution in [3.8, 4) is 0 Å². The minimum Gasteiger partial charge on any atom is -0.201 e. The van der Waals surface area contributed by atoms with E-state index in [2.05, 4.69) is 6.08 Å². The lowest BCUT2D eigenvalue weighted by Crippen LogP contribution is -2.30. The van der Waals surface area contributed by atoms with Crippen LogP contribution in [-0.2, 0) is 0 Å². The van der Waals surface area contributed by atoms with Crippen LogP contribution in [0.25, 0.3) is 0 Å². The second-order valence-electron chi connectivity index (χ2n) is 3.76. The average molecular weight is 263 g/mol. The molecule has 2 aliphatic rings. The van der Waals surface area contributed by atoms with Crippen molar-refractivity contribution in [3.63, 3.8) is 0 Å². The molecule has 0 N–H and O–H groups in total. The SMILES string of the molecule is O=C(Cl)[N+]1=C2C=CC=CC2Sc2ccccc21. The Morgan fingerprint density at radius 1 is 1.29 bits per heavy atom. The minimum atomic E-state index is -0.460. The molecule has 0 aromatic heterocycles. The van der Waals surface area contributed by atoms with Gasteiger partial charge in [-0.2, -0.15) is 0 Å². The first kappa shape index (κ1) is 10.8. The molecule has 0 bridgehead atoms. The summed E-state index contributed by atoms with van der Waals surface area (Å²) in [5, 5.41) is -0.296. The molecular formula is C13H9ClNOS+. The molecule has 0 fully saturated rings. The number of para-hydroxylation sites is 1. The molecule has 1 atom stereocenters. The van der Waals surface area contributed by atoms with E-state index in [4.69, 9.17) is 11.6 Å². The molecule has 0 saturated carbocycles. The molecule has 1 heterocycles. The number of halogens is 1. The van der Waals surface area contributed by atoms with Gasteiger partial charge in [-0.1, -0.05) is 30.4 Å². The van der Waals surface area contributed by atoms with Gasteiger partial charge in [0.1, 0.15) is 5.25 Å². The Morgan fingerprint density at radius 2 is 2.12 bits per heavy atom. The van der Waals surface area contributed by atoms with E-state index < -0.39 is 5.37 Å². The maximum Gasteiger partial charge on any atom is 0.492 e. The third kappa shape index (κ3) is 1.75. The van der Waals surface area contributed by atoms with Crippen molar-refractivity contribution in [2.45, 2.75) is 10.1 Å². The number of allylic oxidation sites excluding steroid dienone is 3. The summed E-state index contributed by atoms with van der Waals surface area (Å²) in [5.74, 6) is 0. The van der Waals surface area contributed by atoms with E-state index in [9.17, 15) is 4.79 Å². The highest BCUT2D eigenvalue weighted by molar-refractivity contribution is 8.01. The van der Waals surface area contributed by atoms with Crippen LogP contribution < -0.4 is 0 Å². The first-order valence-electron chi connectivity index (χ1n) is 5.24. The maximum absolute atomic E-state index is 11.6. The van der Waals surface area contributed by atoms with Gasteiger partial charge in [-0.15, -0.1) is 16.3 Å². The van der Waals surface area contributed by atoms with Crippen molar-refractivity contribution in [3.05, 3.63) is 48.6 Å². The van der Waals surface area contributed by atoms with E-state index in [0.29, 0.717) is 0 Å². The van der Waals surface area contributed by atoms with Gasteiger partial charge in [0.05, 0.1) is 4.90 Å². The Morgan fingerprint density at radius 3 is 2.94 bits per heavy atom. The van der Waals surface area contributed by atoms with Crippen LogP contribution in [-0.4, -0.2) is 20.9 Å². The predicted octanol–water partition coefficient (Wildman–Crippen LogP) is 3.73. The number of benzene rings is 1. The molecule has 2 nitrogen and oxygen atoms in total. The Kier molecular flexibility index (Phi) is 2.65. The molecular weight excluding hydrogens is 254 g/mol. The highest BCUT2D eigenvalue weighted by Gasteiger charge is 2.36. The number of rotatable bonds is 0. The Labute approximate surface area is 108 Å². The summed E-state index contributed by atoms with van der Waals surface area (Å²) < 4.78 is 1.58. The maximum atomic E-state index is 11.6. The predicted molar refractivity (Wildman–Crippen MR) is 70.5 cm³/mol. The Hall–Kier alpha value is -1.32. The Balaban J connectivity index is 2.27. The van der Waals surface area contributed by atoms with Crippen molar-refractivity contribution >= 4 is 40.1 Å². The van der Waals surface area contributed by atoms with E-state index in [1.807, 2.05) is 42.5 Å². The Bertz CT molecular complexity index is 589. The molecule has 84 valence electrons. The molecule has 1 aromatic rings. The van der Waals surface area contributed by atoms with Crippen molar-refractivity contribution in [2.75, 3.05) is 0 Å². The number of thioether (sulfide) groups is 1. The molecule has 17 heavy (non-hydrogen) atoms. The number of carbonyl (C=O) groups excluding carboxylic acids is 1. The van der Waals surface area contributed by atoms with Crippen molar-refractivity contribution in [1.29, 1.82) is 0 Å². The highest BCUT2D eigenvalue weighted by atomic mass is 35.5. The van der Waals surface area contributed by atoms with Crippen molar-refractivity contribution in [1.82, 2.24) is 0 Å². The molecule has 0 radical (unpaired) electrons. The molecule has 1 aliphatic carbocycles. The van der Waals surface area contributed by atoms with Gasteiger partial charge in [-0.25, -0.2) is 4.79 Å². The molecule has 0 saturated heterocycles. The summed E-state index contributed by atoms with van der Waals surface area (Å²) in [6.45, 7) is 0. The fourth-order valence-corrected chi connectivity index (χ4v) is 3.40. The zero-order valence-electron chi connectivity index (χ0n) is 8.84. The molecule has 1 aromatic carbocycles. The topological polar surface area (TPSA) is 20.1 Å². The third-order valence-corrected chi connectivity index (χ3v) is 4.17. The van der Waals surface area contributed by atoms with Crippen molar-refractivity contribution < 1.29 is 9.37 Å². The van der Waals surface area contributed by atoms with Crippen LogP contribution in [0.15, 0.2) is 53.5 Å². The molecule has 1 amide bonds. The number of fused-ring (bicyclic) bond motifs is 2. The summed E-state index contributed by atoms with van der Waals surface area (Å²) in [5.41, 5.74) is 1.79. The van der Waals surface area contributed by atoms with Gasteiger partial charge in [0.2, 0.25) is 11.4 Å². The first-order chi connectivity index (χ1) is 8.27. The monoisotopic (exact) mass is 262 g/mol. The standard InChI is InChI=1S/C13H9ClNOS/c14-13(16)15-9-5-1-3-7-11(9)17-12-8-4-2-6-10(12)15/h1-8,11H/q+1. The molecule has 3 rings (SSSR count). The third-order valence-electron chi connectivity index (χ3n) is 2.75. The largest absolute Gasteiger partial charge is 0.492 e. The number of nitrogens with zero attached hydrogens (tertiary/aromatic N) is 1. The zero-order valence-corrected chi connectivity index (χ0v) is 10.4. The summed E-state index contributed by atoms with van der Waals surface area (Å²) >= 11 is 7.44. The van der Waals surface area contributed by atoms with Gasteiger partial charge in [0.15, 0.2) is 0 Å². The minimum absolute atomic E-state index is 0.164. The van der Waals surface area contributed by atoms with Crippen LogP contribution in [0.1, 0.15) is 0 Å². The van der Waals surface area contributed by atoms with Crippen LogP contribution >= 0.6 is 23.4 Å². The van der Waals surface area contributed by atoms with Gasteiger partial charge >= 0.3 is 5.37 Å². The summed E-state index contributed by atoms with van der Waals surface area (Å²) in [6, 6.07) is 7.80. The molecule has 1 aliphatic heterocycles. The van der Waals surface area contributed by atoms with Crippen molar-refractivity contribution in [2.24, 2.45) is 0 Å². The van der Waals surface area contributed by atoms with E-state index in [1.54, 1.807) is 16.3 Å². The van der Waals surface area contributed by atoms with Crippen LogP contribution in [0.5, 0.6) is 0 Å². The number of hydrogen-bond acceptors (Lipinski definition) is 2. The van der Waals surface area contributed by atoms with E-state index >= 15 is 0 Å². The second-order valence-corrected chi connectivity index (χ2v) is 5.27. The highest BCUT2D eigenvalue weighted by Crippen LogP contribution is 2.39. The van der Waals surface area contributed by atoms with Gasteiger partial charge < -0.3 is 0 Å². The van der Waals surface area contributed by atoms with Crippen LogP contribution in [0.2, 0.25) is 0 Å². The fourth-order valence-electron chi connectivity index (χ4n) is 2.03. The lowest BCUT2D eigenvalue weighted by atomic mass is 10.1. The summed E-state index contributed by atoms with van der Waals surface area (Å²) in [7, 11) is 0. The second kappa shape index (κ2) is 4.17. The zero-order chi connectivity index (χ0) is 11.8. The van der Waals surface area contributed by atoms with E-state index in [-0.39, 0.29) is 5.25 Å².